The SMILES string of the molecule is CCC(CC)c1nc(Cc2ccc(Cl)cc2)sc1C(=O)O. The Morgan fingerprint density at radius 2 is 1.90 bits per heavy atom. The van der Waals surface area contributed by atoms with E-state index in [0.717, 1.165) is 29.1 Å². The molecule has 0 radical (unpaired) electrons. The molecule has 21 heavy (non-hydrogen) atoms. The van der Waals surface area contributed by atoms with Gasteiger partial charge >= 0.3 is 5.97 Å². The first-order valence-corrected chi connectivity index (χ1v) is 8.21. The zero-order chi connectivity index (χ0) is 15.4. The molecule has 112 valence electrons. The molecule has 0 aliphatic carbocycles. The van der Waals surface area contributed by atoms with Crippen molar-refractivity contribution in [1.29, 1.82) is 0 Å². The van der Waals surface area contributed by atoms with Crippen LogP contribution in [0.2, 0.25) is 5.02 Å². The van der Waals surface area contributed by atoms with Crippen LogP contribution in [0.4, 0.5) is 0 Å². The number of thiazole rings is 1. The average molecular weight is 324 g/mol. The normalized spacial score (nSPS) is 11.0. The van der Waals surface area contributed by atoms with Gasteiger partial charge in [-0.25, -0.2) is 9.78 Å². The molecule has 0 amide bonds. The Labute approximate surface area is 133 Å². The van der Waals surface area contributed by atoms with Gasteiger partial charge in [0.05, 0.1) is 10.7 Å². The highest BCUT2D eigenvalue weighted by Crippen LogP contribution is 2.31. The van der Waals surface area contributed by atoms with Crippen LogP contribution in [0.25, 0.3) is 0 Å². The quantitative estimate of drug-likeness (QED) is 0.814. The van der Waals surface area contributed by atoms with Crippen LogP contribution in [0.3, 0.4) is 0 Å². The summed E-state index contributed by atoms with van der Waals surface area (Å²) in [4.78, 5) is 16.4. The van der Waals surface area contributed by atoms with Gasteiger partial charge < -0.3 is 5.11 Å². The van der Waals surface area contributed by atoms with Gasteiger partial charge in [0.25, 0.3) is 0 Å². The number of halogens is 1. The lowest BCUT2D eigenvalue weighted by Crippen LogP contribution is -2.04. The number of nitrogens with zero attached hydrogens (tertiary/aromatic N) is 1. The summed E-state index contributed by atoms with van der Waals surface area (Å²) in [5.74, 6) is -0.664. The molecule has 3 nitrogen and oxygen atoms in total. The first kappa shape index (κ1) is 16.0. The molecular weight excluding hydrogens is 306 g/mol. The van der Waals surface area contributed by atoms with E-state index in [-0.39, 0.29) is 5.92 Å². The molecule has 0 atom stereocenters. The smallest absolute Gasteiger partial charge is 0.347 e. The topological polar surface area (TPSA) is 50.2 Å². The maximum atomic E-state index is 11.4. The lowest BCUT2D eigenvalue weighted by Gasteiger charge is -2.09. The third-order valence-electron chi connectivity index (χ3n) is 3.53. The number of aromatic nitrogens is 1. The van der Waals surface area contributed by atoms with Gasteiger partial charge in [-0.2, -0.15) is 0 Å². The van der Waals surface area contributed by atoms with Crippen molar-refractivity contribution < 1.29 is 9.90 Å². The minimum atomic E-state index is -0.878. The van der Waals surface area contributed by atoms with Crippen LogP contribution < -0.4 is 0 Å². The number of carbonyl (C=O) groups is 1. The molecule has 0 aliphatic rings. The average Bonchev–Trinajstić information content (AvgIpc) is 2.87. The van der Waals surface area contributed by atoms with E-state index in [1.54, 1.807) is 0 Å². The summed E-state index contributed by atoms with van der Waals surface area (Å²) < 4.78 is 0. The lowest BCUT2D eigenvalue weighted by atomic mass is 9.98. The molecule has 0 spiro atoms. The van der Waals surface area contributed by atoms with E-state index in [0.29, 0.717) is 16.3 Å². The van der Waals surface area contributed by atoms with E-state index < -0.39 is 5.97 Å². The van der Waals surface area contributed by atoms with E-state index in [1.807, 2.05) is 24.3 Å². The van der Waals surface area contributed by atoms with Crippen molar-refractivity contribution in [1.82, 2.24) is 4.98 Å². The largest absolute Gasteiger partial charge is 0.477 e. The highest BCUT2D eigenvalue weighted by atomic mass is 35.5. The van der Waals surface area contributed by atoms with Crippen LogP contribution in [0.1, 0.15) is 58.5 Å². The molecule has 1 aromatic carbocycles. The molecule has 0 unspecified atom stereocenters. The number of carboxylic acid groups (broad SMARTS) is 1. The standard InChI is InChI=1S/C16H18ClNO2S/c1-3-11(4-2)14-15(16(19)20)21-13(18-14)9-10-5-7-12(17)8-6-10/h5-8,11H,3-4,9H2,1-2H3,(H,19,20). The molecular formula is C16H18ClNO2S. The van der Waals surface area contributed by atoms with Crippen LogP contribution in [-0.2, 0) is 6.42 Å². The summed E-state index contributed by atoms with van der Waals surface area (Å²) >= 11 is 7.16. The number of rotatable bonds is 6. The number of hydrogen-bond acceptors (Lipinski definition) is 3. The summed E-state index contributed by atoms with van der Waals surface area (Å²) in [5, 5.41) is 10.9. The zero-order valence-electron chi connectivity index (χ0n) is 12.1. The minimum Gasteiger partial charge on any atom is -0.477 e. The van der Waals surface area contributed by atoms with Crippen molar-refractivity contribution in [2.75, 3.05) is 0 Å². The number of aromatic carboxylic acids is 1. The second-order valence-corrected chi connectivity index (χ2v) is 6.46. The van der Waals surface area contributed by atoms with Crippen molar-refractivity contribution in [3.8, 4) is 0 Å². The van der Waals surface area contributed by atoms with E-state index in [9.17, 15) is 9.90 Å². The molecule has 0 bridgehead atoms. The molecule has 1 N–H and O–H groups in total. The van der Waals surface area contributed by atoms with Crippen molar-refractivity contribution >= 4 is 28.9 Å². The van der Waals surface area contributed by atoms with Gasteiger partial charge in [-0.1, -0.05) is 37.6 Å². The van der Waals surface area contributed by atoms with Crippen LogP contribution >= 0.6 is 22.9 Å². The minimum absolute atomic E-state index is 0.214. The lowest BCUT2D eigenvalue weighted by molar-refractivity contribution is 0.0700. The second-order valence-electron chi connectivity index (χ2n) is 4.94. The van der Waals surface area contributed by atoms with Crippen molar-refractivity contribution in [3.05, 3.63) is 50.4 Å². The van der Waals surface area contributed by atoms with Gasteiger partial charge in [0.15, 0.2) is 0 Å². The molecule has 2 aromatic rings. The van der Waals surface area contributed by atoms with Crippen LogP contribution in [0, 0.1) is 0 Å². The van der Waals surface area contributed by atoms with Gasteiger partial charge in [-0.3, -0.25) is 0 Å². The number of benzene rings is 1. The van der Waals surface area contributed by atoms with Crippen LogP contribution in [0.5, 0.6) is 0 Å². The van der Waals surface area contributed by atoms with Crippen molar-refractivity contribution in [2.24, 2.45) is 0 Å². The summed E-state index contributed by atoms with van der Waals surface area (Å²) in [6, 6.07) is 7.57. The monoisotopic (exact) mass is 323 g/mol. The number of carboxylic acids is 1. The molecule has 0 fully saturated rings. The Morgan fingerprint density at radius 1 is 1.29 bits per heavy atom. The van der Waals surface area contributed by atoms with Crippen LogP contribution in [-0.4, -0.2) is 16.1 Å². The van der Waals surface area contributed by atoms with Gasteiger partial charge in [-0.05, 0) is 30.5 Å². The Kier molecular flexibility index (Phi) is 5.37. The van der Waals surface area contributed by atoms with Crippen LogP contribution in [0.15, 0.2) is 24.3 Å². The molecule has 0 aliphatic heterocycles. The Morgan fingerprint density at radius 3 is 2.43 bits per heavy atom. The fourth-order valence-corrected chi connectivity index (χ4v) is 3.48. The third-order valence-corrected chi connectivity index (χ3v) is 4.84. The van der Waals surface area contributed by atoms with E-state index in [4.69, 9.17) is 11.6 Å². The Hall–Kier alpha value is -1.39. The van der Waals surface area contributed by atoms with Gasteiger partial charge in [-0.15, -0.1) is 11.3 Å². The maximum Gasteiger partial charge on any atom is 0.347 e. The predicted octanol–water partition coefficient (Wildman–Crippen LogP) is 4.99. The first-order valence-electron chi connectivity index (χ1n) is 7.02. The molecule has 1 aromatic heterocycles. The van der Waals surface area contributed by atoms with Gasteiger partial charge in [0.1, 0.15) is 4.88 Å². The number of hydrogen-bond donors (Lipinski definition) is 1. The highest BCUT2D eigenvalue weighted by Gasteiger charge is 2.22. The van der Waals surface area contributed by atoms with E-state index in [1.165, 1.54) is 11.3 Å². The first-order chi connectivity index (χ1) is 10.0. The third kappa shape index (κ3) is 3.83. The summed E-state index contributed by atoms with van der Waals surface area (Å²) in [7, 11) is 0. The summed E-state index contributed by atoms with van der Waals surface area (Å²) in [6.45, 7) is 4.13. The summed E-state index contributed by atoms with van der Waals surface area (Å²) in [5.41, 5.74) is 1.82. The summed E-state index contributed by atoms with van der Waals surface area (Å²) in [6.07, 6.45) is 2.45. The van der Waals surface area contributed by atoms with Gasteiger partial charge in [0.2, 0.25) is 0 Å². The molecule has 0 saturated heterocycles. The van der Waals surface area contributed by atoms with Crippen molar-refractivity contribution in [3.63, 3.8) is 0 Å². The fourth-order valence-electron chi connectivity index (χ4n) is 2.34. The maximum absolute atomic E-state index is 11.4. The van der Waals surface area contributed by atoms with E-state index >= 15 is 0 Å². The molecule has 2 rings (SSSR count). The molecule has 0 saturated carbocycles. The fraction of sp³-hybridized carbons (Fsp3) is 0.375. The Balaban J connectivity index is 2.30. The Bertz CT molecular complexity index is 618. The van der Waals surface area contributed by atoms with Crippen molar-refractivity contribution in [2.45, 2.75) is 39.0 Å². The predicted molar refractivity (Wildman–Crippen MR) is 86.7 cm³/mol. The second kappa shape index (κ2) is 7.05. The zero-order valence-corrected chi connectivity index (χ0v) is 13.7. The highest BCUT2D eigenvalue weighted by molar-refractivity contribution is 7.13. The van der Waals surface area contributed by atoms with Gasteiger partial charge in [0, 0.05) is 17.4 Å². The molecule has 1 heterocycles. The van der Waals surface area contributed by atoms with E-state index in [2.05, 4.69) is 18.8 Å². The molecule has 5 heteroatoms.